The first-order chi connectivity index (χ1) is 10.8. The van der Waals surface area contributed by atoms with Crippen LogP contribution >= 0.6 is 0 Å². The first-order valence-corrected chi connectivity index (χ1v) is 9.22. The number of allylic oxidation sites excluding steroid dienone is 3. The van der Waals surface area contributed by atoms with Crippen molar-refractivity contribution in [3.05, 3.63) is 24.8 Å². The van der Waals surface area contributed by atoms with Gasteiger partial charge in [-0.15, -0.1) is 6.58 Å². The van der Waals surface area contributed by atoms with E-state index in [9.17, 15) is 4.79 Å². The van der Waals surface area contributed by atoms with Gasteiger partial charge in [-0.05, 0) is 44.9 Å². The van der Waals surface area contributed by atoms with Gasteiger partial charge in [0.05, 0.1) is 6.61 Å². The number of esters is 1. The largest absolute Gasteiger partial charge is 0.466 e. The zero-order valence-electron chi connectivity index (χ0n) is 14.7. The molecular weight excluding hydrogens is 272 g/mol. The van der Waals surface area contributed by atoms with E-state index in [4.69, 9.17) is 4.74 Å². The molecule has 0 amide bonds. The highest BCUT2D eigenvalue weighted by molar-refractivity contribution is 5.69. The van der Waals surface area contributed by atoms with Crippen molar-refractivity contribution in [2.75, 3.05) is 6.61 Å². The Morgan fingerprint density at radius 1 is 0.864 bits per heavy atom. The molecular formula is C20H36O2. The Hall–Kier alpha value is -1.05. The van der Waals surface area contributed by atoms with E-state index in [-0.39, 0.29) is 5.97 Å². The molecule has 0 aromatic carbocycles. The summed E-state index contributed by atoms with van der Waals surface area (Å²) in [6.07, 6.45) is 21.4. The minimum Gasteiger partial charge on any atom is -0.466 e. The number of carbonyl (C=O) groups is 1. The second-order valence-corrected chi connectivity index (χ2v) is 5.93. The van der Waals surface area contributed by atoms with Crippen molar-refractivity contribution in [3.8, 4) is 0 Å². The molecule has 0 atom stereocenters. The van der Waals surface area contributed by atoms with Gasteiger partial charge >= 0.3 is 5.97 Å². The van der Waals surface area contributed by atoms with Gasteiger partial charge in [-0.2, -0.15) is 0 Å². The van der Waals surface area contributed by atoms with Crippen molar-refractivity contribution in [2.45, 2.75) is 90.4 Å². The number of hydrogen-bond acceptors (Lipinski definition) is 2. The minimum absolute atomic E-state index is 0.0427. The lowest BCUT2D eigenvalue weighted by Gasteiger charge is -2.02. The highest BCUT2D eigenvalue weighted by atomic mass is 16.5. The van der Waals surface area contributed by atoms with Crippen LogP contribution in [0.2, 0.25) is 0 Å². The van der Waals surface area contributed by atoms with Crippen molar-refractivity contribution >= 4 is 5.97 Å². The maximum absolute atomic E-state index is 11.3. The molecule has 0 radical (unpaired) electrons. The van der Waals surface area contributed by atoms with Crippen molar-refractivity contribution in [2.24, 2.45) is 0 Å². The molecule has 0 saturated carbocycles. The summed E-state index contributed by atoms with van der Waals surface area (Å²) in [4.78, 5) is 11.3. The number of hydrogen-bond donors (Lipinski definition) is 0. The fraction of sp³-hybridized carbons (Fsp3) is 0.750. The first kappa shape index (κ1) is 20.9. The fourth-order valence-electron chi connectivity index (χ4n) is 2.27. The number of carbonyl (C=O) groups excluding carboxylic acids is 1. The first-order valence-electron chi connectivity index (χ1n) is 9.22. The van der Waals surface area contributed by atoms with E-state index in [1.807, 2.05) is 6.08 Å². The lowest BCUT2D eigenvalue weighted by Crippen LogP contribution is -2.05. The molecule has 22 heavy (non-hydrogen) atoms. The smallest absolute Gasteiger partial charge is 0.305 e. The molecule has 0 N–H and O–H groups in total. The maximum Gasteiger partial charge on any atom is 0.305 e. The predicted molar refractivity (Wildman–Crippen MR) is 96.0 cm³/mol. The lowest BCUT2D eigenvalue weighted by atomic mass is 10.1. The Kier molecular flexibility index (Phi) is 17.1. The van der Waals surface area contributed by atoms with E-state index in [2.05, 4.69) is 25.7 Å². The summed E-state index contributed by atoms with van der Waals surface area (Å²) in [6.45, 7) is 6.39. The van der Waals surface area contributed by atoms with Crippen LogP contribution in [0.4, 0.5) is 0 Å². The van der Waals surface area contributed by atoms with Crippen LogP contribution in [0.15, 0.2) is 24.8 Å². The molecule has 0 fully saturated rings. The molecule has 2 heteroatoms. The zero-order chi connectivity index (χ0) is 16.3. The van der Waals surface area contributed by atoms with Crippen molar-refractivity contribution in [3.63, 3.8) is 0 Å². The third-order valence-electron chi connectivity index (χ3n) is 3.71. The summed E-state index contributed by atoms with van der Waals surface area (Å²) in [5, 5.41) is 0. The summed E-state index contributed by atoms with van der Waals surface area (Å²) in [5.41, 5.74) is 0. The van der Waals surface area contributed by atoms with Gasteiger partial charge in [0.1, 0.15) is 0 Å². The summed E-state index contributed by atoms with van der Waals surface area (Å²) in [5.74, 6) is -0.0427. The van der Waals surface area contributed by atoms with Gasteiger partial charge < -0.3 is 4.74 Å². The minimum atomic E-state index is -0.0427. The van der Waals surface area contributed by atoms with E-state index < -0.39 is 0 Å². The average Bonchev–Trinajstić information content (AvgIpc) is 2.53. The van der Waals surface area contributed by atoms with Crippen LogP contribution in [0.25, 0.3) is 0 Å². The maximum atomic E-state index is 11.3. The van der Waals surface area contributed by atoms with Crippen LogP contribution in [-0.2, 0) is 9.53 Å². The van der Waals surface area contributed by atoms with Gasteiger partial charge in [-0.3, -0.25) is 4.79 Å². The summed E-state index contributed by atoms with van der Waals surface area (Å²) in [7, 11) is 0. The van der Waals surface area contributed by atoms with E-state index >= 15 is 0 Å². The van der Waals surface area contributed by atoms with Crippen LogP contribution in [-0.4, -0.2) is 12.6 Å². The van der Waals surface area contributed by atoms with Crippen molar-refractivity contribution in [1.82, 2.24) is 0 Å². The molecule has 128 valence electrons. The van der Waals surface area contributed by atoms with E-state index in [1.54, 1.807) is 0 Å². The van der Waals surface area contributed by atoms with Crippen molar-refractivity contribution < 1.29 is 9.53 Å². The van der Waals surface area contributed by atoms with Gasteiger partial charge in [0.25, 0.3) is 0 Å². The Morgan fingerprint density at radius 2 is 1.45 bits per heavy atom. The standard InChI is InChI=1S/C20H36O2/c1-3-5-7-8-9-10-11-12-13-14-15-16-17-19-22-20(21)18-6-4-2/h3,14-15H,1,4-13,16-19H2,2H3. The molecule has 0 aliphatic rings. The second kappa shape index (κ2) is 18.0. The van der Waals surface area contributed by atoms with Gasteiger partial charge in [0.2, 0.25) is 0 Å². The van der Waals surface area contributed by atoms with Gasteiger partial charge in [-0.25, -0.2) is 0 Å². The normalized spacial score (nSPS) is 11.0. The number of unbranched alkanes of at least 4 members (excludes halogenated alkanes) is 9. The van der Waals surface area contributed by atoms with Crippen LogP contribution in [0.5, 0.6) is 0 Å². The monoisotopic (exact) mass is 308 g/mol. The fourth-order valence-corrected chi connectivity index (χ4v) is 2.27. The molecule has 0 bridgehead atoms. The molecule has 0 aliphatic carbocycles. The molecule has 0 unspecified atom stereocenters. The topological polar surface area (TPSA) is 26.3 Å². The van der Waals surface area contributed by atoms with E-state index in [0.717, 1.165) is 32.1 Å². The molecule has 0 aromatic heterocycles. The second-order valence-electron chi connectivity index (χ2n) is 5.93. The Balaban J connectivity index is 3.17. The van der Waals surface area contributed by atoms with E-state index in [0.29, 0.717) is 13.0 Å². The lowest BCUT2D eigenvalue weighted by molar-refractivity contribution is -0.143. The highest BCUT2D eigenvalue weighted by Crippen LogP contribution is 2.09. The third-order valence-corrected chi connectivity index (χ3v) is 3.71. The zero-order valence-corrected chi connectivity index (χ0v) is 14.7. The Morgan fingerprint density at radius 3 is 2.09 bits per heavy atom. The molecule has 0 saturated heterocycles. The molecule has 0 heterocycles. The molecule has 0 aromatic rings. The SMILES string of the molecule is C=CCCCCCCCCC=CCCCOC(=O)CCCC. The van der Waals surface area contributed by atoms with Gasteiger partial charge in [-0.1, -0.05) is 57.3 Å². The van der Waals surface area contributed by atoms with Crippen LogP contribution in [0.3, 0.4) is 0 Å². The highest BCUT2D eigenvalue weighted by Gasteiger charge is 2.00. The van der Waals surface area contributed by atoms with Crippen LogP contribution < -0.4 is 0 Å². The molecule has 0 spiro atoms. The van der Waals surface area contributed by atoms with Crippen molar-refractivity contribution in [1.29, 1.82) is 0 Å². The Bertz CT molecular complexity index is 281. The molecule has 0 rings (SSSR count). The quantitative estimate of drug-likeness (QED) is 0.188. The summed E-state index contributed by atoms with van der Waals surface area (Å²) >= 11 is 0. The Labute approximate surface area is 138 Å². The predicted octanol–water partition coefficient (Wildman–Crippen LogP) is 6.36. The third kappa shape index (κ3) is 17.0. The summed E-state index contributed by atoms with van der Waals surface area (Å²) < 4.78 is 5.17. The molecule has 2 nitrogen and oxygen atoms in total. The van der Waals surface area contributed by atoms with Gasteiger partial charge in [0, 0.05) is 6.42 Å². The summed E-state index contributed by atoms with van der Waals surface area (Å²) in [6, 6.07) is 0. The van der Waals surface area contributed by atoms with E-state index in [1.165, 1.54) is 44.9 Å². The number of ether oxygens (including phenoxy) is 1. The molecule has 0 aliphatic heterocycles. The van der Waals surface area contributed by atoms with Crippen LogP contribution in [0.1, 0.15) is 90.4 Å². The van der Waals surface area contributed by atoms with Gasteiger partial charge in [0.15, 0.2) is 0 Å². The average molecular weight is 309 g/mol. The number of rotatable bonds is 16. The van der Waals surface area contributed by atoms with Crippen LogP contribution in [0, 0.1) is 0 Å².